The molecule has 0 bridgehead atoms. The Labute approximate surface area is 154 Å². The molecule has 0 saturated heterocycles. The summed E-state index contributed by atoms with van der Waals surface area (Å²) in [5.41, 5.74) is 3.62. The lowest BCUT2D eigenvalue weighted by Gasteiger charge is -2.09. The molecule has 0 fully saturated rings. The second-order valence-electron chi connectivity index (χ2n) is 5.91. The molecule has 0 aliphatic rings. The summed E-state index contributed by atoms with van der Waals surface area (Å²) in [7, 11) is 0. The van der Waals surface area contributed by atoms with Crippen LogP contribution in [0.3, 0.4) is 0 Å². The summed E-state index contributed by atoms with van der Waals surface area (Å²) in [6.07, 6.45) is 3.52. The Kier molecular flexibility index (Phi) is 4.18. The zero-order valence-corrected chi connectivity index (χ0v) is 14.8. The molecule has 0 amide bonds. The number of nitrogens with zero attached hydrogens (tertiary/aromatic N) is 4. The zero-order chi connectivity index (χ0) is 18.1. The fourth-order valence-corrected chi connectivity index (χ4v) is 2.97. The molecule has 0 aliphatic heterocycles. The van der Waals surface area contributed by atoms with E-state index < -0.39 is 0 Å². The zero-order valence-electron chi connectivity index (χ0n) is 14.1. The lowest BCUT2D eigenvalue weighted by Crippen LogP contribution is -2.22. The minimum Gasteiger partial charge on any atom is -0.377 e. The van der Waals surface area contributed by atoms with E-state index in [1.54, 1.807) is 18.3 Å². The van der Waals surface area contributed by atoms with Gasteiger partial charge in [0.05, 0.1) is 29.8 Å². The maximum atomic E-state index is 12.5. The maximum Gasteiger partial charge on any atom is 0.292 e. The number of aryl methyl sites for hydroxylation is 1. The van der Waals surface area contributed by atoms with E-state index in [9.17, 15) is 4.79 Å². The third-order valence-electron chi connectivity index (χ3n) is 4.13. The van der Waals surface area contributed by atoms with Crippen LogP contribution in [0.2, 0.25) is 5.02 Å². The highest BCUT2D eigenvalue weighted by Gasteiger charge is 2.11. The number of benzene rings is 1. The lowest BCUT2D eigenvalue weighted by molar-refractivity contribution is 0.807. The summed E-state index contributed by atoms with van der Waals surface area (Å²) in [4.78, 5) is 17.1. The van der Waals surface area contributed by atoms with Crippen LogP contribution in [0.5, 0.6) is 0 Å². The Morgan fingerprint density at radius 3 is 2.69 bits per heavy atom. The van der Waals surface area contributed by atoms with E-state index in [4.69, 9.17) is 11.6 Å². The highest BCUT2D eigenvalue weighted by molar-refractivity contribution is 6.32. The number of hydrogen-bond acceptors (Lipinski definition) is 4. The van der Waals surface area contributed by atoms with Crippen LogP contribution in [0.25, 0.3) is 11.3 Å². The fourth-order valence-electron chi connectivity index (χ4n) is 2.78. The van der Waals surface area contributed by atoms with Crippen LogP contribution < -0.4 is 10.9 Å². The van der Waals surface area contributed by atoms with E-state index in [1.165, 1.54) is 4.68 Å². The predicted octanol–water partition coefficient (Wildman–Crippen LogP) is 3.45. The van der Waals surface area contributed by atoms with E-state index in [2.05, 4.69) is 15.4 Å². The Balaban J connectivity index is 1.59. The third kappa shape index (κ3) is 2.95. The monoisotopic (exact) mass is 365 g/mol. The first-order valence-corrected chi connectivity index (χ1v) is 8.52. The Morgan fingerprint density at radius 1 is 1.12 bits per heavy atom. The van der Waals surface area contributed by atoms with E-state index in [-0.39, 0.29) is 10.6 Å². The second kappa shape index (κ2) is 6.65. The molecule has 0 aliphatic carbocycles. The van der Waals surface area contributed by atoms with Gasteiger partial charge < -0.3 is 9.72 Å². The van der Waals surface area contributed by atoms with Gasteiger partial charge in [-0.05, 0) is 31.2 Å². The molecule has 4 rings (SSSR count). The summed E-state index contributed by atoms with van der Waals surface area (Å²) < 4.78 is 3.30. The van der Waals surface area contributed by atoms with Crippen molar-refractivity contribution >= 4 is 22.9 Å². The van der Waals surface area contributed by atoms with Gasteiger partial charge in [-0.25, -0.2) is 4.98 Å². The van der Waals surface area contributed by atoms with Crippen molar-refractivity contribution in [1.82, 2.24) is 19.2 Å². The topological polar surface area (TPSA) is 64.2 Å². The van der Waals surface area contributed by atoms with Gasteiger partial charge in [-0.3, -0.25) is 4.79 Å². The molecule has 130 valence electrons. The molecule has 7 heteroatoms. The number of aromatic nitrogens is 4. The van der Waals surface area contributed by atoms with Gasteiger partial charge in [-0.15, -0.1) is 0 Å². The number of anilines is 1. The van der Waals surface area contributed by atoms with Gasteiger partial charge in [-0.2, -0.15) is 9.78 Å². The van der Waals surface area contributed by atoms with Crippen molar-refractivity contribution in [3.8, 4) is 5.69 Å². The number of halogens is 1. The highest BCUT2D eigenvalue weighted by atomic mass is 35.5. The molecule has 1 aromatic carbocycles. The largest absolute Gasteiger partial charge is 0.377 e. The normalized spacial score (nSPS) is 11.0. The van der Waals surface area contributed by atoms with Crippen LogP contribution in [0, 0.1) is 6.92 Å². The van der Waals surface area contributed by atoms with Gasteiger partial charge >= 0.3 is 0 Å². The number of rotatable bonds is 4. The molecule has 0 atom stereocenters. The standard InChI is InChI=1S/C19H16ClN5O/c1-13-6-5-9-17-23-14(12-24(13)17)10-21-16-11-22-25(19(26)18(16)20)15-7-3-2-4-8-15/h2-9,11-12,21H,10H2,1H3. The molecule has 3 heterocycles. The summed E-state index contributed by atoms with van der Waals surface area (Å²) in [5, 5.41) is 7.46. The van der Waals surface area contributed by atoms with Crippen molar-refractivity contribution in [3.63, 3.8) is 0 Å². The Morgan fingerprint density at radius 2 is 1.92 bits per heavy atom. The van der Waals surface area contributed by atoms with Crippen LogP contribution in [0.4, 0.5) is 5.69 Å². The molecule has 0 saturated carbocycles. The van der Waals surface area contributed by atoms with Crippen molar-refractivity contribution in [3.05, 3.63) is 87.7 Å². The maximum absolute atomic E-state index is 12.5. The van der Waals surface area contributed by atoms with E-state index in [1.807, 2.05) is 53.9 Å². The first-order chi connectivity index (χ1) is 12.6. The lowest BCUT2D eigenvalue weighted by atomic mass is 10.3. The van der Waals surface area contributed by atoms with E-state index in [0.717, 1.165) is 17.0 Å². The van der Waals surface area contributed by atoms with Crippen molar-refractivity contribution < 1.29 is 0 Å². The van der Waals surface area contributed by atoms with Crippen molar-refractivity contribution in [2.24, 2.45) is 0 Å². The number of hydrogen-bond donors (Lipinski definition) is 1. The van der Waals surface area contributed by atoms with Gasteiger partial charge in [0, 0.05) is 11.9 Å². The first kappa shape index (κ1) is 16.4. The molecule has 1 N–H and O–H groups in total. The van der Waals surface area contributed by atoms with Crippen molar-refractivity contribution in [1.29, 1.82) is 0 Å². The van der Waals surface area contributed by atoms with Crippen LogP contribution in [0.15, 0.2) is 65.7 Å². The third-order valence-corrected chi connectivity index (χ3v) is 4.49. The molecule has 6 nitrogen and oxygen atoms in total. The van der Waals surface area contributed by atoms with Crippen LogP contribution in [-0.4, -0.2) is 19.2 Å². The molecule has 0 unspecified atom stereocenters. The van der Waals surface area contributed by atoms with Gasteiger partial charge in [0.1, 0.15) is 10.7 Å². The van der Waals surface area contributed by atoms with Gasteiger partial charge in [0.2, 0.25) is 0 Å². The quantitative estimate of drug-likeness (QED) is 0.601. The second-order valence-corrected chi connectivity index (χ2v) is 6.28. The number of nitrogens with one attached hydrogen (secondary N) is 1. The summed E-state index contributed by atoms with van der Waals surface area (Å²) in [6.45, 7) is 2.47. The Bertz CT molecular complexity index is 1130. The average molecular weight is 366 g/mol. The summed E-state index contributed by atoms with van der Waals surface area (Å²) in [5.74, 6) is 0. The van der Waals surface area contributed by atoms with E-state index >= 15 is 0 Å². The SMILES string of the molecule is Cc1cccc2nc(CNc3cnn(-c4ccccc4)c(=O)c3Cl)cn12. The highest BCUT2D eigenvalue weighted by Crippen LogP contribution is 2.18. The average Bonchev–Trinajstić information content (AvgIpc) is 3.08. The molecular weight excluding hydrogens is 350 g/mol. The van der Waals surface area contributed by atoms with Gasteiger partial charge in [0.25, 0.3) is 5.56 Å². The number of pyridine rings is 1. The molecule has 4 aromatic rings. The number of imidazole rings is 1. The first-order valence-electron chi connectivity index (χ1n) is 8.14. The van der Waals surface area contributed by atoms with Crippen LogP contribution in [-0.2, 0) is 6.54 Å². The van der Waals surface area contributed by atoms with Crippen molar-refractivity contribution in [2.75, 3.05) is 5.32 Å². The predicted molar refractivity (Wildman–Crippen MR) is 102 cm³/mol. The fraction of sp³-hybridized carbons (Fsp3) is 0.105. The van der Waals surface area contributed by atoms with Crippen LogP contribution >= 0.6 is 11.6 Å². The van der Waals surface area contributed by atoms with Crippen LogP contribution in [0.1, 0.15) is 11.4 Å². The Hall–Kier alpha value is -3.12. The summed E-state index contributed by atoms with van der Waals surface area (Å²) >= 11 is 6.26. The van der Waals surface area contributed by atoms with Gasteiger partial charge in [0.15, 0.2) is 0 Å². The molecule has 0 radical (unpaired) electrons. The molecule has 3 aromatic heterocycles. The smallest absolute Gasteiger partial charge is 0.292 e. The van der Waals surface area contributed by atoms with Gasteiger partial charge in [-0.1, -0.05) is 35.9 Å². The van der Waals surface area contributed by atoms with Crippen molar-refractivity contribution in [2.45, 2.75) is 13.5 Å². The van der Waals surface area contributed by atoms with E-state index in [0.29, 0.717) is 17.9 Å². The molecular formula is C19H16ClN5O. The number of fused-ring (bicyclic) bond motifs is 1. The minimum atomic E-state index is -0.367. The molecule has 0 spiro atoms. The summed E-state index contributed by atoms with van der Waals surface area (Å²) in [6, 6.07) is 15.1. The molecule has 26 heavy (non-hydrogen) atoms. The number of para-hydroxylation sites is 1. The minimum absolute atomic E-state index is 0.101.